The van der Waals surface area contributed by atoms with Crippen molar-refractivity contribution in [1.82, 2.24) is 0 Å². The van der Waals surface area contributed by atoms with Gasteiger partial charge in [0.05, 0.1) is 0 Å². The van der Waals surface area contributed by atoms with Crippen molar-refractivity contribution in [2.75, 3.05) is 0 Å². The first kappa shape index (κ1) is 11.8. The molecule has 0 aliphatic carbocycles. The van der Waals surface area contributed by atoms with Gasteiger partial charge in [0.15, 0.2) is 0 Å². The van der Waals surface area contributed by atoms with Crippen molar-refractivity contribution >= 4 is 10.8 Å². The van der Waals surface area contributed by atoms with Gasteiger partial charge in [-0.15, -0.1) is 0 Å². The van der Waals surface area contributed by atoms with Crippen molar-refractivity contribution in [2.45, 2.75) is 34.6 Å². The van der Waals surface area contributed by atoms with E-state index in [0.29, 0.717) is 0 Å². The number of rotatable bonds is 0. The highest BCUT2D eigenvalue weighted by Crippen LogP contribution is 2.20. The Kier molecular flexibility index (Phi) is 3.90. The Labute approximate surface area is 92.9 Å². The third-order valence-corrected chi connectivity index (χ3v) is 2.61. The molecule has 2 aromatic rings. The van der Waals surface area contributed by atoms with Crippen LogP contribution in [0, 0.1) is 20.8 Å². The van der Waals surface area contributed by atoms with E-state index in [1.54, 1.807) is 0 Å². The van der Waals surface area contributed by atoms with Crippen LogP contribution >= 0.6 is 0 Å². The third-order valence-electron chi connectivity index (χ3n) is 2.61. The molecule has 0 fully saturated rings. The molecule has 0 saturated heterocycles. The zero-order valence-corrected chi connectivity index (χ0v) is 10.4. The Morgan fingerprint density at radius 1 is 0.667 bits per heavy atom. The van der Waals surface area contributed by atoms with Gasteiger partial charge in [0.1, 0.15) is 0 Å². The highest BCUT2D eigenvalue weighted by Gasteiger charge is 1.97. The van der Waals surface area contributed by atoms with Gasteiger partial charge in [0.25, 0.3) is 0 Å². The third kappa shape index (κ3) is 2.59. The second kappa shape index (κ2) is 4.97. The van der Waals surface area contributed by atoms with Gasteiger partial charge in [-0.25, -0.2) is 0 Å². The summed E-state index contributed by atoms with van der Waals surface area (Å²) in [6.07, 6.45) is 0. The van der Waals surface area contributed by atoms with Crippen LogP contribution in [-0.4, -0.2) is 0 Å². The van der Waals surface area contributed by atoms with E-state index in [1.165, 1.54) is 27.5 Å². The number of hydrogen-bond donors (Lipinski definition) is 0. The fraction of sp³-hybridized carbons (Fsp3) is 0.333. The maximum absolute atomic E-state index is 2.26. The van der Waals surface area contributed by atoms with Gasteiger partial charge >= 0.3 is 0 Å². The minimum atomic E-state index is 1.33. The molecular weight excluding hydrogens is 180 g/mol. The highest BCUT2D eigenvalue weighted by molar-refractivity contribution is 5.84. The molecule has 0 unspecified atom stereocenters. The molecule has 2 rings (SSSR count). The Balaban J connectivity index is 0.000000531. The van der Waals surface area contributed by atoms with Crippen LogP contribution in [0.1, 0.15) is 30.5 Å². The molecular formula is C15H20. The smallest absolute Gasteiger partial charge is 0.0179 e. The van der Waals surface area contributed by atoms with Crippen LogP contribution in [0.4, 0.5) is 0 Å². The molecule has 0 atom stereocenters. The van der Waals surface area contributed by atoms with Crippen LogP contribution in [0.5, 0.6) is 0 Å². The van der Waals surface area contributed by atoms with E-state index in [4.69, 9.17) is 0 Å². The van der Waals surface area contributed by atoms with Crippen LogP contribution in [0.2, 0.25) is 0 Å². The quantitative estimate of drug-likeness (QED) is 0.573. The molecule has 0 aliphatic heterocycles. The van der Waals surface area contributed by atoms with Gasteiger partial charge in [-0.2, -0.15) is 0 Å². The largest absolute Gasteiger partial charge is 0.0683 e. The summed E-state index contributed by atoms with van der Waals surface area (Å²) < 4.78 is 0. The van der Waals surface area contributed by atoms with Crippen LogP contribution in [-0.2, 0) is 0 Å². The molecule has 0 saturated carbocycles. The normalized spacial score (nSPS) is 9.67. The van der Waals surface area contributed by atoms with Gasteiger partial charge in [0.2, 0.25) is 0 Å². The molecule has 0 heteroatoms. The van der Waals surface area contributed by atoms with E-state index in [9.17, 15) is 0 Å². The first-order valence-electron chi connectivity index (χ1n) is 5.64. The molecule has 2 aromatic carbocycles. The predicted molar refractivity (Wildman–Crippen MR) is 69.5 cm³/mol. The second-order valence-corrected chi connectivity index (χ2v) is 3.79. The fourth-order valence-electron chi connectivity index (χ4n) is 1.64. The maximum Gasteiger partial charge on any atom is -0.0179 e. The molecule has 0 radical (unpaired) electrons. The predicted octanol–water partition coefficient (Wildman–Crippen LogP) is 4.79. The topological polar surface area (TPSA) is 0 Å². The van der Waals surface area contributed by atoms with Crippen LogP contribution in [0.3, 0.4) is 0 Å². The Morgan fingerprint density at radius 3 is 1.80 bits per heavy atom. The minimum absolute atomic E-state index is 1.33. The maximum atomic E-state index is 2.26. The van der Waals surface area contributed by atoms with Crippen molar-refractivity contribution in [2.24, 2.45) is 0 Å². The van der Waals surface area contributed by atoms with E-state index >= 15 is 0 Å². The molecule has 0 nitrogen and oxygen atoms in total. The van der Waals surface area contributed by atoms with E-state index < -0.39 is 0 Å². The standard InChI is InChI=1S/C13H14.C2H6/c1-9-4-5-12-7-10(2)11(3)8-13(12)6-9;1-2/h4-8H,1-3H3;1-2H3. The lowest BCUT2D eigenvalue weighted by atomic mass is 10.0. The first-order chi connectivity index (χ1) is 7.16. The summed E-state index contributed by atoms with van der Waals surface area (Å²) in [5.41, 5.74) is 4.07. The van der Waals surface area contributed by atoms with Gasteiger partial charge in [-0.05, 0) is 42.7 Å². The summed E-state index contributed by atoms with van der Waals surface area (Å²) in [5.74, 6) is 0. The van der Waals surface area contributed by atoms with Crippen molar-refractivity contribution in [3.8, 4) is 0 Å². The summed E-state index contributed by atoms with van der Waals surface area (Å²) in [5, 5.41) is 2.69. The zero-order valence-electron chi connectivity index (χ0n) is 10.4. The molecule has 0 spiro atoms. The van der Waals surface area contributed by atoms with Crippen molar-refractivity contribution in [3.63, 3.8) is 0 Å². The molecule has 0 bridgehead atoms. The zero-order chi connectivity index (χ0) is 11.4. The van der Waals surface area contributed by atoms with Crippen LogP contribution in [0.25, 0.3) is 10.8 Å². The summed E-state index contributed by atoms with van der Waals surface area (Å²) in [6.45, 7) is 10.5. The van der Waals surface area contributed by atoms with Crippen LogP contribution < -0.4 is 0 Å². The van der Waals surface area contributed by atoms with Crippen LogP contribution in [0.15, 0.2) is 30.3 Å². The van der Waals surface area contributed by atoms with Gasteiger partial charge in [-0.1, -0.05) is 49.7 Å². The molecule has 0 N–H and O–H groups in total. The molecule has 0 heterocycles. The lowest BCUT2D eigenvalue weighted by Crippen LogP contribution is -1.82. The summed E-state index contributed by atoms with van der Waals surface area (Å²) >= 11 is 0. The lowest BCUT2D eigenvalue weighted by molar-refractivity contribution is 1.36. The minimum Gasteiger partial charge on any atom is -0.0683 e. The molecule has 80 valence electrons. The SMILES string of the molecule is CC.Cc1ccc2cc(C)c(C)cc2c1. The van der Waals surface area contributed by atoms with E-state index in [0.717, 1.165) is 0 Å². The van der Waals surface area contributed by atoms with E-state index in [2.05, 4.69) is 51.1 Å². The Morgan fingerprint density at radius 2 is 1.20 bits per heavy atom. The number of fused-ring (bicyclic) bond motifs is 1. The summed E-state index contributed by atoms with van der Waals surface area (Å²) in [4.78, 5) is 0. The molecule has 0 aliphatic rings. The van der Waals surface area contributed by atoms with Gasteiger partial charge < -0.3 is 0 Å². The lowest BCUT2D eigenvalue weighted by Gasteiger charge is -2.04. The average Bonchev–Trinajstić information content (AvgIpc) is 2.23. The fourth-order valence-corrected chi connectivity index (χ4v) is 1.64. The summed E-state index contributed by atoms with van der Waals surface area (Å²) in [7, 11) is 0. The molecule has 0 aromatic heterocycles. The van der Waals surface area contributed by atoms with E-state index in [1.807, 2.05) is 13.8 Å². The van der Waals surface area contributed by atoms with Crippen molar-refractivity contribution in [3.05, 3.63) is 47.0 Å². The van der Waals surface area contributed by atoms with Gasteiger partial charge in [-0.3, -0.25) is 0 Å². The Bertz CT molecular complexity index is 453. The highest BCUT2D eigenvalue weighted by atomic mass is 14.0. The van der Waals surface area contributed by atoms with Crippen molar-refractivity contribution in [1.29, 1.82) is 0 Å². The number of hydrogen-bond acceptors (Lipinski definition) is 0. The summed E-state index contributed by atoms with van der Waals surface area (Å²) in [6, 6.07) is 11.1. The second-order valence-electron chi connectivity index (χ2n) is 3.79. The van der Waals surface area contributed by atoms with E-state index in [-0.39, 0.29) is 0 Å². The molecule has 0 amide bonds. The average molecular weight is 200 g/mol. The first-order valence-corrected chi connectivity index (χ1v) is 5.64. The molecule has 15 heavy (non-hydrogen) atoms. The van der Waals surface area contributed by atoms with Crippen molar-refractivity contribution < 1.29 is 0 Å². The number of benzene rings is 2. The number of aryl methyl sites for hydroxylation is 3. The Hall–Kier alpha value is -1.30. The van der Waals surface area contributed by atoms with Gasteiger partial charge in [0, 0.05) is 0 Å². The monoisotopic (exact) mass is 200 g/mol.